The SMILES string of the molecule is C=C/C=C(\C(=C/C)NCc1ccc2nccnc2c1)N1CCN(C2CC2)CC1.[HH]. The largest absolute Gasteiger partial charge is 0.380 e. The van der Waals surface area contributed by atoms with Crippen molar-refractivity contribution in [2.75, 3.05) is 26.2 Å². The van der Waals surface area contributed by atoms with E-state index in [9.17, 15) is 0 Å². The minimum absolute atomic E-state index is 0. The van der Waals surface area contributed by atoms with E-state index < -0.39 is 0 Å². The monoisotopic (exact) mass is 377 g/mol. The molecule has 0 spiro atoms. The zero-order chi connectivity index (χ0) is 19.3. The molecule has 2 aliphatic rings. The van der Waals surface area contributed by atoms with Crippen molar-refractivity contribution in [3.05, 3.63) is 72.4 Å². The van der Waals surface area contributed by atoms with Crippen LogP contribution in [0.15, 0.2) is 66.8 Å². The van der Waals surface area contributed by atoms with E-state index in [4.69, 9.17) is 0 Å². The Morgan fingerprint density at radius 1 is 1.18 bits per heavy atom. The lowest BCUT2D eigenvalue weighted by Crippen LogP contribution is -2.47. The lowest BCUT2D eigenvalue weighted by Gasteiger charge is -2.38. The average molecular weight is 378 g/mol. The van der Waals surface area contributed by atoms with Crippen LogP contribution in [0.4, 0.5) is 0 Å². The van der Waals surface area contributed by atoms with Gasteiger partial charge in [-0.25, -0.2) is 0 Å². The summed E-state index contributed by atoms with van der Waals surface area (Å²) >= 11 is 0. The number of benzene rings is 1. The van der Waals surface area contributed by atoms with Crippen molar-refractivity contribution in [1.29, 1.82) is 0 Å². The predicted molar refractivity (Wildman–Crippen MR) is 117 cm³/mol. The van der Waals surface area contributed by atoms with Crippen LogP contribution in [0.3, 0.4) is 0 Å². The van der Waals surface area contributed by atoms with Crippen LogP contribution in [0.5, 0.6) is 0 Å². The highest BCUT2D eigenvalue weighted by Crippen LogP contribution is 2.28. The van der Waals surface area contributed by atoms with E-state index in [-0.39, 0.29) is 1.43 Å². The number of allylic oxidation sites excluding steroid dienone is 3. The molecule has 1 aliphatic carbocycles. The summed E-state index contributed by atoms with van der Waals surface area (Å²) in [6.45, 7) is 11.2. The summed E-state index contributed by atoms with van der Waals surface area (Å²) in [4.78, 5) is 13.9. The maximum absolute atomic E-state index is 4.41. The lowest BCUT2D eigenvalue weighted by molar-refractivity contribution is 0.153. The maximum Gasteiger partial charge on any atom is 0.0890 e. The van der Waals surface area contributed by atoms with Gasteiger partial charge >= 0.3 is 0 Å². The van der Waals surface area contributed by atoms with Gasteiger partial charge in [-0.2, -0.15) is 0 Å². The van der Waals surface area contributed by atoms with Crippen LogP contribution < -0.4 is 5.32 Å². The first-order valence-electron chi connectivity index (χ1n) is 10.2. The molecule has 0 bridgehead atoms. The fourth-order valence-electron chi connectivity index (χ4n) is 3.90. The van der Waals surface area contributed by atoms with Crippen molar-refractivity contribution in [2.24, 2.45) is 0 Å². The molecule has 148 valence electrons. The molecule has 1 saturated carbocycles. The van der Waals surface area contributed by atoms with Gasteiger partial charge in [0.1, 0.15) is 0 Å². The minimum atomic E-state index is 0. The summed E-state index contributed by atoms with van der Waals surface area (Å²) in [6, 6.07) is 7.10. The Morgan fingerprint density at radius 2 is 1.93 bits per heavy atom. The van der Waals surface area contributed by atoms with E-state index >= 15 is 0 Å². The Balaban J connectivity index is 0.00000240. The number of nitrogens with zero attached hydrogens (tertiary/aromatic N) is 4. The number of aromatic nitrogens is 2. The molecule has 5 heteroatoms. The fourth-order valence-corrected chi connectivity index (χ4v) is 3.90. The third-order valence-electron chi connectivity index (χ3n) is 5.58. The number of hydrogen-bond donors (Lipinski definition) is 1. The summed E-state index contributed by atoms with van der Waals surface area (Å²) < 4.78 is 0. The van der Waals surface area contributed by atoms with Crippen molar-refractivity contribution < 1.29 is 1.43 Å². The second-order valence-electron chi connectivity index (χ2n) is 7.48. The minimum Gasteiger partial charge on any atom is -0.380 e. The average Bonchev–Trinajstić information content (AvgIpc) is 3.59. The predicted octanol–water partition coefficient (Wildman–Crippen LogP) is 3.72. The van der Waals surface area contributed by atoms with Gasteiger partial charge < -0.3 is 10.2 Å². The molecule has 0 amide bonds. The second-order valence-corrected chi connectivity index (χ2v) is 7.48. The fraction of sp³-hybridized carbons (Fsp3) is 0.391. The Morgan fingerprint density at radius 3 is 2.61 bits per heavy atom. The summed E-state index contributed by atoms with van der Waals surface area (Å²) in [6.07, 6.45) is 12.4. The quantitative estimate of drug-likeness (QED) is 0.745. The molecule has 1 saturated heterocycles. The molecule has 1 aliphatic heterocycles. The van der Waals surface area contributed by atoms with Crippen LogP contribution >= 0.6 is 0 Å². The van der Waals surface area contributed by atoms with E-state index in [0.29, 0.717) is 0 Å². The van der Waals surface area contributed by atoms with Crippen molar-refractivity contribution in [1.82, 2.24) is 25.1 Å². The van der Waals surface area contributed by atoms with E-state index in [2.05, 4.69) is 62.9 Å². The van der Waals surface area contributed by atoms with Gasteiger partial charge in [0.25, 0.3) is 0 Å². The van der Waals surface area contributed by atoms with Crippen LogP contribution in [0.1, 0.15) is 26.8 Å². The molecule has 2 fully saturated rings. The highest BCUT2D eigenvalue weighted by molar-refractivity contribution is 5.74. The van der Waals surface area contributed by atoms with Gasteiger partial charge in [0, 0.05) is 52.6 Å². The zero-order valence-electron chi connectivity index (χ0n) is 16.6. The first kappa shape index (κ1) is 18.7. The van der Waals surface area contributed by atoms with Gasteiger partial charge in [-0.1, -0.05) is 24.8 Å². The summed E-state index contributed by atoms with van der Waals surface area (Å²) in [5.74, 6) is 0. The molecule has 4 rings (SSSR count). The molecule has 1 aromatic carbocycles. The van der Waals surface area contributed by atoms with Crippen molar-refractivity contribution >= 4 is 11.0 Å². The first-order valence-corrected chi connectivity index (χ1v) is 10.2. The van der Waals surface area contributed by atoms with E-state index in [0.717, 1.165) is 55.5 Å². The van der Waals surface area contributed by atoms with Gasteiger partial charge in [0.05, 0.1) is 22.4 Å². The van der Waals surface area contributed by atoms with Crippen molar-refractivity contribution in [3.63, 3.8) is 0 Å². The molecular formula is C23H31N5. The van der Waals surface area contributed by atoms with Gasteiger partial charge in [-0.05, 0) is 43.5 Å². The standard InChI is InChI=1S/C23H29N5.H2/c1-3-5-23(28-14-12-27(13-15-28)19-7-8-19)20(4-2)26-17-18-6-9-21-22(16-18)25-11-10-24-21;/h3-6,9-11,16,19,26H,1,7-8,12-15,17H2,2H3;1H/b20-4+,23-5+;. The molecule has 2 heterocycles. The molecule has 0 atom stereocenters. The molecule has 0 radical (unpaired) electrons. The molecule has 28 heavy (non-hydrogen) atoms. The normalized spacial score (nSPS) is 19.1. The van der Waals surface area contributed by atoms with Gasteiger partial charge in [0.2, 0.25) is 0 Å². The van der Waals surface area contributed by atoms with Crippen LogP contribution in [0, 0.1) is 0 Å². The van der Waals surface area contributed by atoms with Crippen LogP contribution in [-0.2, 0) is 6.54 Å². The molecule has 2 aromatic rings. The smallest absolute Gasteiger partial charge is 0.0890 e. The number of hydrogen-bond acceptors (Lipinski definition) is 5. The number of rotatable bonds is 7. The maximum atomic E-state index is 4.41. The van der Waals surface area contributed by atoms with Crippen LogP contribution in [0.2, 0.25) is 0 Å². The highest BCUT2D eigenvalue weighted by atomic mass is 15.3. The zero-order valence-corrected chi connectivity index (χ0v) is 16.6. The Bertz CT molecular complexity index is 895. The molecule has 0 unspecified atom stereocenters. The van der Waals surface area contributed by atoms with Gasteiger partial charge in [-0.15, -0.1) is 0 Å². The Labute approximate surface area is 169 Å². The molecule has 1 N–H and O–H groups in total. The highest BCUT2D eigenvalue weighted by Gasteiger charge is 2.31. The van der Waals surface area contributed by atoms with Gasteiger partial charge in [0.15, 0.2) is 0 Å². The number of fused-ring (bicyclic) bond motifs is 1. The molecule has 5 nitrogen and oxygen atoms in total. The number of nitrogens with one attached hydrogen (secondary N) is 1. The van der Waals surface area contributed by atoms with Crippen molar-refractivity contribution in [3.8, 4) is 0 Å². The molecular weight excluding hydrogens is 346 g/mol. The topological polar surface area (TPSA) is 44.3 Å². The third kappa shape index (κ3) is 4.25. The second kappa shape index (κ2) is 8.57. The van der Waals surface area contributed by atoms with E-state index in [1.165, 1.54) is 24.1 Å². The van der Waals surface area contributed by atoms with E-state index in [1.807, 2.05) is 12.1 Å². The molecule has 1 aromatic heterocycles. The summed E-state index contributed by atoms with van der Waals surface area (Å²) in [5, 5.41) is 3.62. The third-order valence-corrected chi connectivity index (χ3v) is 5.58. The summed E-state index contributed by atoms with van der Waals surface area (Å²) in [5.41, 5.74) is 5.44. The number of piperazine rings is 1. The van der Waals surface area contributed by atoms with Crippen LogP contribution in [0.25, 0.3) is 11.0 Å². The Hall–Kier alpha value is -2.66. The van der Waals surface area contributed by atoms with Crippen LogP contribution in [-0.4, -0.2) is 52.0 Å². The summed E-state index contributed by atoms with van der Waals surface area (Å²) in [7, 11) is 0. The van der Waals surface area contributed by atoms with Gasteiger partial charge in [-0.3, -0.25) is 14.9 Å². The van der Waals surface area contributed by atoms with Crippen molar-refractivity contribution in [2.45, 2.75) is 32.4 Å². The van der Waals surface area contributed by atoms with E-state index in [1.54, 1.807) is 12.4 Å². The Kier molecular flexibility index (Phi) is 5.72. The first-order chi connectivity index (χ1) is 13.8. The lowest BCUT2D eigenvalue weighted by atomic mass is 10.1.